The van der Waals surface area contributed by atoms with Crippen LogP contribution in [0.5, 0.6) is 0 Å². The molecule has 0 N–H and O–H groups in total. The molecule has 0 bridgehead atoms. The monoisotopic (exact) mass is 168 g/mol. The highest BCUT2D eigenvalue weighted by atomic mass is 16.5. The Balaban J connectivity index is 1.72. The summed E-state index contributed by atoms with van der Waals surface area (Å²) < 4.78 is 5.27. The van der Waals surface area contributed by atoms with Crippen molar-refractivity contribution in [1.82, 2.24) is 4.90 Å². The predicted octanol–water partition coefficient (Wildman–Crippen LogP) is 1.46. The second-order valence-corrected chi connectivity index (χ2v) is 3.88. The Kier molecular flexibility index (Phi) is 2.57. The Morgan fingerprint density at radius 2 is 1.92 bits per heavy atom. The van der Waals surface area contributed by atoms with Crippen LogP contribution in [-0.4, -0.2) is 37.2 Å². The third-order valence-electron chi connectivity index (χ3n) is 3.16. The highest BCUT2D eigenvalue weighted by Crippen LogP contribution is 2.29. The van der Waals surface area contributed by atoms with Gasteiger partial charge in [0.1, 0.15) is 12.8 Å². The van der Waals surface area contributed by atoms with Crippen LogP contribution in [0.15, 0.2) is 0 Å². The van der Waals surface area contributed by atoms with Gasteiger partial charge in [0, 0.05) is 26.2 Å². The highest BCUT2D eigenvalue weighted by molar-refractivity contribution is 4.90. The van der Waals surface area contributed by atoms with Crippen molar-refractivity contribution in [2.75, 3.05) is 20.2 Å². The number of nitrogens with zero attached hydrogens (tertiary/aromatic N) is 1. The quantitative estimate of drug-likeness (QED) is 0.579. The molecule has 2 rings (SSSR count). The molecule has 0 atom stereocenters. The number of methoxy groups -OCH3 is 1. The lowest BCUT2D eigenvalue weighted by molar-refractivity contribution is -0.0294. The zero-order valence-corrected chi connectivity index (χ0v) is 7.83. The van der Waals surface area contributed by atoms with Gasteiger partial charge in [0.05, 0.1) is 12.5 Å². The minimum atomic E-state index is 0.556. The fourth-order valence-electron chi connectivity index (χ4n) is 2.16. The first-order valence-corrected chi connectivity index (χ1v) is 4.98. The summed E-state index contributed by atoms with van der Waals surface area (Å²) in [4.78, 5) is 2.62. The van der Waals surface area contributed by atoms with Gasteiger partial charge in [-0.3, -0.25) is 4.90 Å². The molecule has 2 fully saturated rings. The summed E-state index contributed by atoms with van der Waals surface area (Å²) in [6, 6.07) is 0.837. The molecule has 2 nitrogen and oxygen atoms in total. The van der Waals surface area contributed by atoms with Crippen LogP contribution < -0.4 is 0 Å². The summed E-state index contributed by atoms with van der Waals surface area (Å²) in [5.41, 5.74) is 0. The summed E-state index contributed by atoms with van der Waals surface area (Å²) in [6.07, 6.45) is 8.05. The van der Waals surface area contributed by atoms with Gasteiger partial charge in [-0.15, -0.1) is 0 Å². The molecule has 0 unspecified atom stereocenters. The van der Waals surface area contributed by atoms with E-state index >= 15 is 0 Å². The van der Waals surface area contributed by atoms with Crippen molar-refractivity contribution in [3.8, 4) is 0 Å². The van der Waals surface area contributed by atoms with Gasteiger partial charge in [-0.05, 0) is 12.8 Å². The van der Waals surface area contributed by atoms with E-state index in [9.17, 15) is 0 Å². The van der Waals surface area contributed by atoms with Gasteiger partial charge < -0.3 is 4.74 Å². The molecule has 12 heavy (non-hydrogen) atoms. The molecule has 0 spiro atoms. The molecule has 2 heteroatoms. The zero-order chi connectivity index (χ0) is 8.39. The lowest BCUT2D eigenvalue weighted by atomic mass is 9.87. The maximum atomic E-state index is 5.27. The maximum absolute atomic E-state index is 5.27. The lowest BCUT2D eigenvalue weighted by Gasteiger charge is -2.42. The van der Waals surface area contributed by atoms with Crippen molar-refractivity contribution in [3.05, 3.63) is 6.42 Å². The fraction of sp³-hybridized carbons (Fsp3) is 0.900. The van der Waals surface area contributed by atoms with Crippen molar-refractivity contribution in [2.24, 2.45) is 0 Å². The smallest absolute Gasteiger partial charge is 0.100 e. The van der Waals surface area contributed by atoms with E-state index in [0.29, 0.717) is 6.10 Å². The highest BCUT2D eigenvalue weighted by Gasteiger charge is 2.35. The second-order valence-electron chi connectivity index (χ2n) is 3.88. The lowest BCUT2D eigenvalue weighted by Crippen LogP contribution is -2.49. The topological polar surface area (TPSA) is 12.5 Å². The first kappa shape index (κ1) is 8.39. The summed E-state index contributed by atoms with van der Waals surface area (Å²) >= 11 is 0. The molecule has 1 aliphatic carbocycles. The van der Waals surface area contributed by atoms with E-state index in [1.165, 1.54) is 38.8 Å². The predicted molar refractivity (Wildman–Crippen MR) is 48.9 cm³/mol. The number of piperidine rings is 1. The molecule has 1 heterocycles. The van der Waals surface area contributed by atoms with Gasteiger partial charge in [-0.25, -0.2) is 0 Å². The molecule has 0 aromatic rings. The molecule has 1 aliphatic heterocycles. The van der Waals surface area contributed by atoms with Crippen molar-refractivity contribution in [3.63, 3.8) is 0 Å². The van der Waals surface area contributed by atoms with Crippen molar-refractivity contribution < 1.29 is 4.74 Å². The zero-order valence-electron chi connectivity index (χ0n) is 7.83. The van der Waals surface area contributed by atoms with Crippen LogP contribution in [0.25, 0.3) is 0 Å². The van der Waals surface area contributed by atoms with E-state index in [2.05, 4.69) is 11.3 Å². The fourth-order valence-corrected chi connectivity index (χ4v) is 2.16. The van der Waals surface area contributed by atoms with Crippen LogP contribution in [0.1, 0.15) is 25.7 Å². The van der Waals surface area contributed by atoms with E-state index < -0.39 is 0 Å². The Hall–Kier alpha value is -0.210. The number of ether oxygens (including phenoxy) is 1. The minimum Gasteiger partial charge on any atom is -0.381 e. The van der Waals surface area contributed by atoms with Gasteiger partial charge in [0.2, 0.25) is 0 Å². The molecular weight excluding hydrogens is 150 g/mol. The van der Waals surface area contributed by atoms with Gasteiger partial charge in [-0.1, -0.05) is 0 Å². The van der Waals surface area contributed by atoms with E-state index in [1.54, 1.807) is 0 Å². The number of likely N-dealkylation sites (tertiary alicyclic amines) is 1. The first-order chi connectivity index (χ1) is 5.90. The van der Waals surface area contributed by atoms with Crippen LogP contribution in [0.4, 0.5) is 0 Å². The van der Waals surface area contributed by atoms with E-state index in [0.717, 1.165) is 6.04 Å². The number of rotatable bonds is 2. The van der Waals surface area contributed by atoms with Crippen molar-refractivity contribution in [1.29, 1.82) is 0 Å². The molecule has 68 valence electrons. The van der Waals surface area contributed by atoms with Crippen LogP contribution in [0.2, 0.25) is 0 Å². The molecular formula is C10H18NO+. The largest absolute Gasteiger partial charge is 0.381 e. The Bertz CT molecular complexity index is 137. The summed E-state index contributed by atoms with van der Waals surface area (Å²) in [6.45, 7) is 2.56. The first-order valence-electron chi connectivity index (χ1n) is 4.98. The van der Waals surface area contributed by atoms with Gasteiger partial charge in [0.25, 0.3) is 0 Å². The average molecular weight is 168 g/mol. The molecule has 1 saturated carbocycles. The molecule has 0 amide bonds. The Labute approximate surface area is 74.9 Å². The van der Waals surface area contributed by atoms with Gasteiger partial charge in [-0.2, -0.15) is 0 Å². The summed E-state index contributed by atoms with van der Waals surface area (Å²) in [5, 5.41) is 0. The number of hydrogen-bond acceptors (Lipinski definition) is 2. The molecule has 0 aromatic carbocycles. The van der Waals surface area contributed by atoms with Crippen LogP contribution in [0, 0.1) is 6.42 Å². The third-order valence-corrected chi connectivity index (χ3v) is 3.16. The van der Waals surface area contributed by atoms with E-state index in [4.69, 9.17) is 4.74 Å². The molecule has 0 radical (unpaired) electrons. The van der Waals surface area contributed by atoms with Gasteiger partial charge in [0.15, 0.2) is 0 Å². The Morgan fingerprint density at radius 3 is 2.50 bits per heavy atom. The van der Waals surface area contributed by atoms with Crippen LogP contribution in [-0.2, 0) is 4.74 Å². The number of hydrogen-bond donors (Lipinski definition) is 0. The maximum Gasteiger partial charge on any atom is 0.100 e. The third kappa shape index (κ3) is 1.59. The SMILES string of the molecule is COC1CC(N2CC[CH+]CC2)C1. The minimum absolute atomic E-state index is 0.556. The average Bonchev–Trinajstić information content (AvgIpc) is 2.04. The van der Waals surface area contributed by atoms with Crippen LogP contribution >= 0.6 is 0 Å². The van der Waals surface area contributed by atoms with Crippen molar-refractivity contribution in [2.45, 2.75) is 37.8 Å². The molecule has 1 saturated heterocycles. The summed E-state index contributed by atoms with van der Waals surface area (Å²) in [7, 11) is 1.82. The van der Waals surface area contributed by atoms with Crippen LogP contribution in [0.3, 0.4) is 0 Å². The van der Waals surface area contributed by atoms with Gasteiger partial charge >= 0.3 is 0 Å². The van der Waals surface area contributed by atoms with Crippen molar-refractivity contribution >= 4 is 0 Å². The Morgan fingerprint density at radius 1 is 1.25 bits per heavy atom. The second kappa shape index (κ2) is 3.67. The standard InChI is InChI=1S/C10H18NO/c1-12-10-7-9(8-10)11-5-3-2-4-6-11/h2,9-10H,3-8H2,1H3/q+1. The van der Waals surface area contributed by atoms with E-state index in [-0.39, 0.29) is 0 Å². The molecule has 0 aromatic heterocycles. The summed E-state index contributed by atoms with van der Waals surface area (Å²) in [5.74, 6) is 0. The molecule has 2 aliphatic rings. The van der Waals surface area contributed by atoms with E-state index in [1.807, 2.05) is 7.11 Å². The normalized spacial score (nSPS) is 37.1.